The van der Waals surface area contributed by atoms with Gasteiger partial charge in [-0.05, 0) is 61.0 Å². The van der Waals surface area contributed by atoms with Crippen LogP contribution in [0.1, 0.15) is 31.4 Å². The molecule has 0 aromatic carbocycles. The minimum Gasteiger partial charge on any atom is -0.316 e. The predicted molar refractivity (Wildman–Crippen MR) is 70.4 cm³/mol. The number of hydrogen-bond donors (Lipinski definition) is 1. The molecule has 0 amide bonds. The van der Waals surface area contributed by atoms with Gasteiger partial charge in [-0.25, -0.2) is 0 Å². The Labute approximate surface area is 112 Å². The molecule has 2 aliphatic carbocycles. The lowest BCUT2D eigenvalue weighted by Crippen LogP contribution is -2.61. The Morgan fingerprint density at radius 3 is 2.72 bits per heavy atom. The molecule has 4 heteroatoms. The quantitative estimate of drug-likeness (QED) is 0.910. The number of rotatable bonds is 3. The summed E-state index contributed by atoms with van der Waals surface area (Å²) in [6.45, 7) is 2.54. The van der Waals surface area contributed by atoms with Crippen LogP contribution in [0.5, 0.6) is 0 Å². The number of hydrogen-bond acceptors (Lipinski definition) is 3. The summed E-state index contributed by atoms with van der Waals surface area (Å²) in [7, 11) is 0. The van der Waals surface area contributed by atoms with Crippen LogP contribution in [-0.4, -0.2) is 23.3 Å². The van der Waals surface area contributed by atoms with Gasteiger partial charge >= 0.3 is 0 Å². The van der Waals surface area contributed by atoms with Crippen molar-refractivity contribution in [2.75, 3.05) is 13.1 Å². The summed E-state index contributed by atoms with van der Waals surface area (Å²) in [5, 5.41) is 11.9. The van der Waals surface area contributed by atoms with Crippen molar-refractivity contribution in [3.8, 4) is 0 Å². The molecule has 1 aromatic rings. The topological polar surface area (TPSA) is 37.8 Å². The molecule has 18 heavy (non-hydrogen) atoms. The maximum Gasteiger partial charge on any atom is 0.151 e. The van der Waals surface area contributed by atoms with Crippen LogP contribution >= 0.6 is 11.6 Å². The first-order valence-corrected chi connectivity index (χ1v) is 7.27. The SMILES string of the molecule is Clc1ccc(CCC2CC23CC2(CNC2)C3)nn1. The van der Waals surface area contributed by atoms with Gasteiger partial charge in [0.1, 0.15) is 0 Å². The molecule has 3 nitrogen and oxygen atoms in total. The molecule has 1 atom stereocenters. The molecule has 0 bridgehead atoms. The number of nitrogens with zero attached hydrogens (tertiary/aromatic N) is 2. The van der Waals surface area contributed by atoms with Crippen LogP contribution in [0.15, 0.2) is 12.1 Å². The van der Waals surface area contributed by atoms with E-state index in [1.165, 1.54) is 38.8 Å². The summed E-state index contributed by atoms with van der Waals surface area (Å²) >= 11 is 5.74. The van der Waals surface area contributed by atoms with E-state index in [9.17, 15) is 0 Å². The zero-order chi connectivity index (χ0) is 12.2. The van der Waals surface area contributed by atoms with E-state index in [1.807, 2.05) is 12.1 Å². The summed E-state index contributed by atoms with van der Waals surface area (Å²) in [6, 6.07) is 3.84. The standard InChI is InChI=1S/C14H18ClN3/c15-12-4-3-11(17-18-12)2-1-10-5-14(10)6-13(7-14)8-16-9-13/h3-4,10,16H,1-2,5-9H2. The molecule has 0 radical (unpaired) electrons. The Morgan fingerprint density at radius 2 is 2.11 bits per heavy atom. The minimum absolute atomic E-state index is 0.486. The summed E-state index contributed by atoms with van der Waals surface area (Å²) in [6.07, 6.45) is 6.74. The van der Waals surface area contributed by atoms with Crippen molar-refractivity contribution >= 4 is 11.6 Å². The monoisotopic (exact) mass is 263 g/mol. The number of halogens is 1. The van der Waals surface area contributed by atoms with Gasteiger partial charge in [-0.1, -0.05) is 11.6 Å². The molecule has 1 aliphatic heterocycles. The second kappa shape index (κ2) is 3.67. The Morgan fingerprint density at radius 1 is 1.28 bits per heavy atom. The van der Waals surface area contributed by atoms with Gasteiger partial charge in [0.15, 0.2) is 5.15 Å². The van der Waals surface area contributed by atoms with Crippen molar-refractivity contribution in [2.24, 2.45) is 16.7 Å². The van der Waals surface area contributed by atoms with Gasteiger partial charge < -0.3 is 5.32 Å². The normalized spacial score (nSPS) is 29.9. The first kappa shape index (κ1) is 11.2. The van der Waals surface area contributed by atoms with Gasteiger partial charge in [0.25, 0.3) is 0 Å². The molecule has 1 saturated heterocycles. The van der Waals surface area contributed by atoms with E-state index in [1.54, 1.807) is 0 Å². The summed E-state index contributed by atoms with van der Waals surface area (Å²) in [4.78, 5) is 0. The lowest BCUT2D eigenvalue weighted by atomic mass is 9.55. The molecule has 4 rings (SSSR count). The van der Waals surface area contributed by atoms with E-state index in [4.69, 9.17) is 11.6 Å². The fourth-order valence-electron chi connectivity index (χ4n) is 4.24. The molecule has 2 spiro atoms. The number of nitrogens with one attached hydrogen (secondary N) is 1. The highest BCUT2D eigenvalue weighted by Crippen LogP contribution is 2.73. The van der Waals surface area contributed by atoms with Crippen LogP contribution in [0.3, 0.4) is 0 Å². The lowest BCUT2D eigenvalue weighted by Gasteiger charge is -2.56. The largest absolute Gasteiger partial charge is 0.316 e. The zero-order valence-electron chi connectivity index (χ0n) is 10.5. The van der Waals surface area contributed by atoms with Crippen molar-refractivity contribution in [1.29, 1.82) is 0 Å². The second-order valence-corrected chi connectivity index (χ2v) is 6.99. The lowest BCUT2D eigenvalue weighted by molar-refractivity contribution is -0.0250. The number of aromatic nitrogens is 2. The van der Waals surface area contributed by atoms with E-state index in [0.29, 0.717) is 5.15 Å². The Balaban J connectivity index is 1.29. The molecule has 1 aromatic heterocycles. The highest BCUT2D eigenvalue weighted by molar-refractivity contribution is 6.29. The van der Waals surface area contributed by atoms with E-state index < -0.39 is 0 Å². The van der Waals surface area contributed by atoms with Gasteiger partial charge in [0.05, 0.1) is 5.69 Å². The summed E-state index contributed by atoms with van der Waals surface area (Å²) in [5.74, 6) is 0.946. The first-order valence-electron chi connectivity index (χ1n) is 6.89. The van der Waals surface area contributed by atoms with E-state index in [2.05, 4.69) is 15.5 Å². The molecule has 1 N–H and O–H groups in total. The molecule has 3 fully saturated rings. The van der Waals surface area contributed by atoms with Gasteiger partial charge in [-0.15, -0.1) is 5.10 Å². The molecule has 96 valence electrons. The highest BCUT2D eigenvalue weighted by atomic mass is 35.5. The van der Waals surface area contributed by atoms with Crippen molar-refractivity contribution in [3.05, 3.63) is 23.0 Å². The minimum atomic E-state index is 0.486. The molecular weight excluding hydrogens is 246 g/mol. The third-order valence-electron chi connectivity index (χ3n) is 5.25. The molecule has 1 unspecified atom stereocenters. The maximum atomic E-state index is 5.74. The second-order valence-electron chi connectivity index (χ2n) is 6.61. The fourth-order valence-corrected chi connectivity index (χ4v) is 4.34. The van der Waals surface area contributed by atoms with Gasteiger partial charge in [-0.3, -0.25) is 0 Å². The fraction of sp³-hybridized carbons (Fsp3) is 0.714. The highest BCUT2D eigenvalue weighted by Gasteiger charge is 2.67. The van der Waals surface area contributed by atoms with Crippen molar-refractivity contribution in [3.63, 3.8) is 0 Å². The average molecular weight is 264 g/mol. The van der Waals surface area contributed by atoms with Crippen LogP contribution < -0.4 is 5.32 Å². The molecular formula is C14H18ClN3. The van der Waals surface area contributed by atoms with Crippen molar-refractivity contribution < 1.29 is 0 Å². The van der Waals surface area contributed by atoms with Crippen LogP contribution in [-0.2, 0) is 6.42 Å². The predicted octanol–water partition coefficient (Wildman–Crippen LogP) is 2.45. The number of aryl methyl sites for hydroxylation is 1. The smallest absolute Gasteiger partial charge is 0.151 e. The Bertz CT molecular complexity index is 458. The summed E-state index contributed by atoms with van der Waals surface area (Å²) < 4.78 is 0. The van der Waals surface area contributed by atoms with Crippen molar-refractivity contribution in [2.45, 2.75) is 32.1 Å². The van der Waals surface area contributed by atoms with E-state index in [0.717, 1.165) is 28.9 Å². The third-order valence-corrected chi connectivity index (χ3v) is 5.45. The van der Waals surface area contributed by atoms with Crippen LogP contribution in [0.25, 0.3) is 0 Å². The van der Waals surface area contributed by atoms with Gasteiger partial charge in [0.2, 0.25) is 0 Å². The molecule has 2 saturated carbocycles. The van der Waals surface area contributed by atoms with Crippen LogP contribution in [0, 0.1) is 16.7 Å². The molecule has 2 heterocycles. The first-order chi connectivity index (χ1) is 8.70. The molecule has 3 aliphatic rings. The van der Waals surface area contributed by atoms with E-state index >= 15 is 0 Å². The average Bonchev–Trinajstić information content (AvgIpc) is 2.98. The third kappa shape index (κ3) is 1.68. The Kier molecular flexibility index (Phi) is 2.28. The van der Waals surface area contributed by atoms with Gasteiger partial charge in [-0.2, -0.15) is 5.10 Å². The zero-order valence-corrected chi connectivity index (χ0v) is 11.2. The van der Waals surface area contributed by atoms with Crippen LogP contribution in [0.2, 0.25) is 5.15 Å². The van der Waals surface area contributed by atoms with E-state index in [-0.39, 0.29) is 0 Å². The maximum absolute atomic E-state index is 5.74. The van der Waals surface area contributed by atoms with Crippen LogP contribution in [0.4, 0.5) is 0 Å². The van der Waals surface area contributed by atoms with Gasteiger partial charge in [0, 0.05) is 13.1 Å². The summed E-state index contributed by atoms with van der Waals surface area (Å²) in [5.41, 5.74) is 2.54. The Hall–Kier alpha value is -0.670. The van der Waals surface area contributed by atoms with Crippen molar-refractivity contribution in [1.82, 2.24) is 15.5 Å².